The number of aromatic nitrogens is 2. The van der Waals surface area contributed by atoms with E-state index in [2.05, 4.69) is 44.9 Å². The Labute approximate surface area is 343 Å². The van der Waals surface area contributed by atoms with Gasteiger partial charge in [-0.05, 0) is 78.8 Å². The van der Waals surface area contributed by atoms with Gasteiger partial charge in [0.2, 0.25) is 11.9 Å². The number of hydrogen-bond donors (Lipinski definition) is 2. The molecule has 0 bridgehead atoms. The molecule has 2 atom stereocenters. The predicted molar refractivity (Wildman–Crippen MR) is 222 cm³/mol. The zero-order chi connectivity index (χ0) is 40.6. The molecule has 0 saturated carbocycles. The zero-order valence-electron chi connectivity index (χ0n) is 32.8. The van der Waals surface area contributed by atoms with Gasteiger partial charge in [-0.2, -0.15) is 5.26 Å². The Bertz CT molecular complexity index is 2290. The minimum Gasteiger partial charge on any atom is -0.487 e. The van der Waals surface area contributed by atoms with Gasteiger partial charge in [0, 0.05) is 86.0 Å². The van der Waals surface area contributed by atoms with Crippen molar-refractivity contribution in [2.24, 2.45) is 17.8 Å². The molecule has 12 nitrogen and oxygen atoms in total. The SMILES string of the molecule is CC(C)(c1ccc(OCc2ccnc(N3CCC(CN4CCN(c5cccc6c5C(=O)C(C5CCC(=O)NC5=N)C6=O)CC4)CC3)n2)cc1)c1cc(Cl)cc(C#N)c1. The number of halogens is 1. The standard InChI is InChI=1S/C45H47ClN8O4/c1-45(2,31-22-29(25-47)23-32(46)24-31)30-6-8-34(9-7-30)58-27-33-12-15-49-44(50-33)54-16-13-28(14-17-54)26-52-18-20-53(21-19-52)37-5-3-4-35-39(37)42(57)40(41(35)56)36-10-11-38(55)51-43(36)48/h3-9,12,15,22-24,28,36,40H,10-11,13-14,16-21,26-27H2,1-2H3,(H2,48,51,55). The van der Waals surface area contributed by atoms with Crippen molar-refractivity contribution in [2.75, 3.05) is 55.6 Å². The van der Waals surface area contributed by atoms with Crippen LogP contribution in [0.25, 0.3) is 0 Å². The van der Waals surface area contributed by atoms with Crippen LogP contribution < -0.4 is 19.9 Å². The number of ketones is 2. The third kappa shape index (κ3) is 7.93. The van der Waals surface area contributed by atoms with Crippen LogP contribution in [0.3, 0.4) is 0 Å². The summed E-state index contributed by atoms with van der Waals surface area (Å²) in [5.74, 6) is -0.253. The third-order valence-corrected chi connectivity index (χ3v) is 12.6. The van der Waals surface area contributed by atoms with Crippen molar-refractivity contribution in [1.29, 1.82) is 10.7 Å². The number of fused-ring (bicyclic) bond motifs is 1. The molecule has 1 amide bonds. The van der Waals surface area contributed by atoms with Crippen LogP contribution in [0.1, 0.15) is 82.6 Å². The van der Waals surface area contributed by atoms with Gasteiger partial charge in [0.15, 0.2) is 11.6 Å². The predicted octanol–water partition coefficient (Wildman–Crippen LogP) is 6.44. The van der Waals surface area contributed by atoms with Crippen LogP contribution in [0.2, 0.25) is 5.02 Å². The Morgan fingerprint density at radius 2 is 1.67 bits per heavy atom. The lowest BCUT2D eigenvalue weighted by Gasteiger charge is -2.40. The minimum absolute atomic E-state index is 0.0318. The van der Waals surface area contributed by atoms with Crippen LogP contribution in [0, 0.1) is 34.5 Å². The highest BCUT2D eigenvalue weighted by Gasteiger charge is 2.47. The lowest BCUT2D eigenvalue weighted by molar-refractivity contribution is -0.120. The maximum Gasteiger partial charge on any atom is 0.225 e. The number of hydrogen-bond acceptors (Lipinski definition) is 11. The van der Waals surface area contributed by atoms with Gasteiger partial charge in [0.25, 0.3) is 0 Å². The first-order chi connectivity index (χ1) is 28.0. The molecule has 2 N–H and O–H groups in total. The molecule has 298 valence electrons. The van der Waals surface area contributed by atoms with Gasteiger partial charge in [-0.25, -0.2) is 9.97 Å². The molecule has 2 unspecified atom stereocenters. The van der Waals surface area contributed by atoms with E-state index in [1.54, 1.807) is 18.3 Å². The van der Waals surface area contributed by atoms with E-state index in [9.17, 15) is 19.6 Å². The van der Waals surface area contributed by atoms with E-state index in [0.29, 0.717) is 40.7 Å². The van der Waals surface area contributed by atoms with Gasteiger partial charge in [-0.15, -0.1) is 0 Å². The first-order valence-electron chi connectivity index (χ1n) is 20.1. The summed E-state index contributed by atoms with van der Waals surface area (Å²) in [6.07, 6.45) is 4.42. The normalized spacial score (nSPS) is 20.5. The second kappa shape index (κ2) is 16.3. The number of amidine groups is 1. The first kappa shape index (κ1) is 39.2. The Kier molecular flexibility index (Phi) is 11.0. The molecule has 0 radical (unpaired) electrons. The average Bonchev–Trinajstić information content (AvgIpc) is 3.49. The number of benzene rings is 3. The molecule has 4 aliphatic rings. The van der Waals surface area contributed by atoms with Gasteiger partial charge >= 0.3 is 0 Å². The summed E-state index contributed by atoms with van der Waals surface area (Å²) in [6, 6.07) is 23.1. The molecule has 0 spiro atoms. The summed E-state index contributed by atoms with van der Waals surface area (Å²) >= 11 is 6.30. The molecule has 3 aliphatic heterocycles. The largest absolute Gasteiger partial charge is 0.487 e. The van der Waals surface area contributed by atoms with Gasteiger partial charge in [-0.1, -0.05) is 49.7 Å². The Hall–Kier alpha value is -5.64. The van der Waals surface area contributed by atoms with E-state index in [-0.39, 0.29) is 35.1 Å². The Balaban J connectivity index is 0.810. The van der Waals surface area contributed by atoms with Crippen molar-refractivity contribution < 1.29 is 19.1 Å². The van der Waals surface area contributed by atoms with E-state index in [4.69, 9.17) is 26.7 Å². The molecule has 8 rings (SSSR count). The van der Waals surface area contributed by atoms with E-state index >= 15 is 0 Å². The summed E-state index contributed by atoms with van der Waals surface area (Å²) in [7, 11) is 0. The van der Waals surface area contributed by atoms with Gasteiger partial charge in [0.05, 0.1) is 28.8 Å². The van der Waals surface area contributed by atoms with Gasteiger partial charge in [-0.3, -0.25) is 24.7 Å². The molecular formula is C45H47ClN8O4. The second-order valence-corrected chi connectivity index (χ2v) is 16.8. The third-order valence-electron chi connectivity index (χ3n) is 12.4. The smallest absolute Gasteiger partial charge is 0.225 e. The molecule has 1 aliphatic carbocycles. The minimum atomic E-state index is -0.942. The molecule has 13 heteroatoms. The number of amides is 1. The average molecular weight is 799 g/mol. The number of Topliss-reactive ketones (excluding diaryl/α,β-unsaturated/α-hetero) is 2. The molecule has 4 heterocycles. The highest BCUT2D eigenvalue weighted by Crippen LogP contribution is 2.40. The van der Waals surface area contributed by atoms with Crippen LogP contribution >= 0.6 is 11.6 Å². The summed E-state index contributed by atoms with van der Waals surface area (Å²) in [4.78, 5) is 55.4. The topological polar surface area (TPSA) is 156 Å². The molecule has 4 aromatic rings. The van der Waals surface area contributed by atoms with Crippen LogP contribution in [0.15, 0.2) is 72.9 Å². The first-order valence-corrected chi connectivity index (χ1v) is 20.4. The number of piperidine rings is 2. The fourth-order valence-corrected chi connectivity index (χ4v) is 9.16. The lowest BCUT2D eigenvalue weighted by atomic mass is 9.78. The molecule has 3 aromatic carbocycles. The molecule has 3 fully saturated rings. The van der Waals surface area contributed by atoms with E-state index in [0.717, 1.165) is 92.9 Å². The molecular weight excluding hydrogens is 752 g/mol. The quantitative estimate of drug-likeness (QED) is 0.171. The van der Waals surface area contributed by atoms with Crippen LogP contribution in [-0.4, -0.2) is 84.0 Å². The highest BCUT2D eigenvalue weighted by molar-refractivity contribution is 6.31. The number of anilines is 2. The maximum atomic E-state index is 13.8. The monoisotopic (exact) mass is 798 g/mol. The number of piperazine rings is 1. The summed E-state index contributed by atoms with van der Waals surface area (Å²) in [6.45, 7) is 10.6. The fraction of sp³-hybridized carbons (Fsp3) is 0.400. The van der Waals surface area contributed by atoms with Crippen molar-refractivity contribution in [2.45, 2.75) is 51.6 Å². The van der Waals surface area contributed by atoms with Crippen molar-refractivity contribution >= 4 is 46.5 Å². The number of carbonyl (C=O) groups excluding carboxylic acids is 3. The van der Waals surface area contributed by atoms with E-state index < -0.39 is 11.8 Å². The second-order valence-electron chi connectivity index (χ2n) is 16.4. The van der Waals surface area contributed by atoms with E-state index in [1.165, 1.54) is 0 Å². The highest BCUT2D eigenvalue weighted by atomic mass is 35.5. The fourth-order valence-electron chi connectivity index (χ4n) is 8.92. The Morgan fingerprint density at radius 3 is 2.40 bits per heavy atom. The summed E-state index contributed by atoms with van der Waals surface area (Å²) in [5, 5.41) is 20.8. The Morgan fingerprint density at radius 1 is 0.914 bits per heavy atom. The molecule has 3 saturated heterocycles. The van der Waals surface area contributed by atoms with Crippen LogP contribution in [0.5, 0.6) is 5.75 Å². The van der Waals surface area contributed by atoms with Crippen molar-refractivity contribution in [3.63, 3.8) is 0 Å². The number of nitrogens with zero attached hydrogens (tertiary/aromatic N) is 6. The maximum absolute atomic E-state index is 13.8. The number of rotatable bonds is 10. The van der Waals surface area contributed by atoms with Gasteiger partial charge < -0.3 is 19.9 Å². The van der Waals surface area contributed by atoms with Gasteiger partial charge in [0.1, 0.15) is 18.2 Å². The molecule has 58 heavy (non-hydrogen) atoms. The number of nitrogens with one attached hydrogen (secondary N) is 2. The van der Waals surface area contributed by atoms with Crippen LogP contribution in [0.4, 0.5) is 11.6 Å². The van der Waals surface area contributed by atoms with E-state index in [1.807, 2.05) is 54.6 Å². The van der Waals surface area contributed by atoms with Crippen LogP contribution in [-0.2, 0) is 16.8 Å². The van der Waals surface area contributed by atoms with Crippen molar-refractivity contribution in [3.05, 3.63) is 111 Å². The zero-order valence-corrected chi connectivity index (χ0v) is 33.6. The summed E-state index contributed by atoms with van der Waals surface area (Å²) < 4.78 is 6.14. The van der Waals surface area contributed by atoms with Crippen molar-refractivity contribution in [3.8, 4) is 11.8 Å². The number of carbonyl (C=O) groups is 3. The van der Waals surface area contributed by atoms with Crippen molar-refractivity contribution in [1.82, 2.24) is 20.2 Å². The summed E-state index contributed by atoms with van der Waals surface area (Å²) in [5.41, 5.74) is 4.76. The number of nitriles is 1. The molecule has 1 aromatic heterocycles. The number of ether oxygens (including phenoxy) is 1. The lowest BCUT2D eigenvalue weighted by Crippen LogP contribution is -2.49.